The van der Waals surface area contributed by atoms with Crippen LogP contribution in [0.1, 0.15) is 25.5 Å². The Labute approximate surface area is 111 Å². The van der Waals surface area contributed by atoms with E-state index in [1.807, 2.05) is 0 Å². The van der Waals surface area contributed by atoms with Crippen molar-refractivity contribution in [3.63, 3.8) is 0 Å². The molecule has 5 heteroatoms. The third kappa shape index (κ3) is 2.54. The number of carbonyl (C=O) groups is 2. The summed E-state index contributed by atoms with van der Waals surface area (Å²) in [5.74, 6) is -0.916. The second-order valence-electron chi connectivity index (χ2n) is 4.81. The van der Waals surface area contributed by atoms with Gasteiger partial charge in [0.2, 0.25) is 5.91 Å². The van der Waals surface area contributed by atoms with Crippen molar-refractivity contribution in [2.24, 2.45) is 5.92 Å². The lowest BCUT2D eigenvalue weighted by molar-refractivity contribution is -0.151. The number of fused-ring (bicyclic) bond motifs is 1. The highest BCUT2D eigenvalue weighted by Gasteiger charge is 2.35. The van der Waals surface area contributed by atoms with Crippen molar-refractivity contribution in [3.05, 3.63) is 29.8 Å². The molecular weight excluding hydrogens is 246 g/mol. The predicted molar refractivity (Wildman–Crippen MR) is 68.9 cm³/mol. The molecule has 1 heterocycles. The molecule has 1 unspecified atom stereocenters. The Morgan fingerprint density at radius 3 is 2.68 bits per heavy atom. The minimum Gasteiger partial charge on any atom is -0.491 e. The van der Waals surface area contributed by atoms with Gasteiger partial charge in [0.25, 0.3) is 0 Å². The van der Waals surface area contributed by atoms with Crippen LogP contribution in [-0.4, -0.2) is 35.0 Å². The predicted octanol–water partition coefficient (Wildman–Crippen LogP) is 1.69. The largest absolute Gasteiger partial charge is 0.491 e. The normalized spacial score (nSPS) is 18.5. The molecule has 0 bridgehead atoms. The van der Waals surface area contributed by atoms with Crippen LogP contribution in [-0.2, 0) is 9.59 Å². The molecule has 1 atom stereocenters. The van der Waals surface area contributed by atoms with Crippen LogP contribution >= 0.6 is 0 Å². The van der Waals surface area contributed by atoms with Gasteiger partial charge in [0.1, 0.15) is 12.4 Å². The van der Waals surface area contributed by atoms with E-state index in [1.165, 1.54) is 4.90 Å². The Bertz CT molecular complexity index is 498. The highest BCUT2D eigenvalue weighted by Crippen LogP contribution is 2.32. The van der Waals surface area contributed by atoms with Gasteiger partial charge in [-0.15, -0.1) is 0 Å². The van der Waals surface area contributed by atoms with Crippen molar-refractivity contribution in [1.29, 1.82) is 0 Å². The Morgan fingerprint density at radius 2 is 2.05 bits per heavy atom. The van der Waals surface area contributed by atoms with Crippen LogP contribution in [0.15, 0.2) is 24.3 Å². The molecule has 0 saturated carbocycles. The fraction of sp³-hybridized carbons (Fsp3) is 0.429. The molecule has 0 radical (unpaired) electrons. The average Bonchev–Trinajstić information content (AvgIpc) is 2.56. The van der Waals surface area contributed by atoms with Crippen molar-refractivity contribution in [3.8, 4) is 5.75 Å². The molecule has 1 aromatic carbocycles. The van der Waals surface area contributed by atoms with Gasteiger partial charge < -0.3 is 14.7 Å². The number of aliphatic carboxylic acids is 1. The molecule has 1 aliphatic heterocycles. The first-order valence-electron chi connectivity index (χ1n) is 6.27. The van der Waals surface area contributed by atoms with Gasteiger partial charge in [0.15, 0.2) is 6.04 Å². The van der Waals surface area contributed by atoms with Crippen LogP contribution in [0.5, 0.6) is 5.75 Å². The van der Waals surface area contributed by atoms with Gasteiger partial charge in [0, 0.05) is 11.5 Å². The lowest BCUT2D eigenvalue weighted by atomic mass is 10.0. The van der Waals surface area contributed by atoms with Gasteiger partial charge in [-0.25, -0.2) is 4.79 Å². The number of hydrogen-bond acceptors (Lipinski definition) is 3. The Hall–Kier alpha value is -2.04. The molecule has 0 spiro atoms. The standard InChI is InChI=1S/C14H17NO4/c1-9(2)13(16)15-7-8-19-11-6-4-3-5-10(11)12(15)14(17)18/h3-6,9,12H,7-8H2,1-2H3,(H,17,18). The maximum Gasteiger partial charge on any atom is 0.331 e. The van der Waals surface area contributed by atoms with Crippen LogP contribution in [0, 0.1) is 5.92 Å². The summed E-state index contributed by atoms with van der Waals surface area (Å²) >= 11 is 0. The topological polar surface area (TPSA) is 66.8 Å². The summed E-state index contributed by atoms with van der Waals surface area (Å²) in [6, 6.07) is 5.99. The number of ether oxygens (including phenoxy) is 1. The van der Waals surface area contributed by atoms with Gasteiger partial charge in [-0.05, 0) is 6.07 Å². The van der Waals surface area contributed by atoms with E-state index in [9.17, 15) is 14.7 Å². The number of carboxylic acid groups (broad SMARTS) is 1. The molecule has 1 amide bonds. The number of carboxylic acids is 1. The molecule has 1 aliphatic rings. The summed E-state index contributed by atoms with van der Waals surface area (Å²) < 4.78 is 5.53. The average molecular weight is 263 g/mol. The van der Waals surface area contributed by atoms with Gasteiger partial charge in [0.05, 0.1) is 6.54 Å². The number of carbonyl (C=O) groups excluding carboxylic acids is 1. The number of benzene rings is 1. The van der Waals surface area contributed by atoms with E-state index in [-0.39, 0.29) is 18.4 Å². The third-order valence-electron chi connectivity index (χ3n) is 3.13. The third-order valence-corrected chi connectivity index (χ3v) is 3.13. The zero-order valence-electron chi connectivity index (χ0n) is 11.0. The van der Waals surface area contributed by atoms with Gasteiger partial charge in [-0.1, -0.05) is 32.0 Å². The van der Waals surface area contributed by atoms with Crippen LogP contribution in [0.4, 0.5) is 0 Å². The molecule has 0 aliphatic carbocycles. The molecule has 102 valence electrons. The second kappa shape index (κ2) is 5.30. The lowest BCUT2D eigenvalue weighted by Crippen LogP contribution is -2.41. The minimum atomic E-state index is -1.04. The summed E-state index contributed by atoms with van der Waals surface area (Å²) in [6.07, 6.45) is 0. The van der Waals surface area contributed by atoms with E-state index in [4.69, 9.17) is 4.74 Å². The molecule has 1 N–H and O–H groups in total. The SMILES string of the molecule is CC(C)C(=O)N1CCOc2ccccc2C1C(=O)O. The van der Waals surface area contributed by atoms with E-state index in [0.29, 0.717) is 17.9 Å². The number of amides is 1. The van der Waals surface area contributed by atoms with E-state index in [1.54, 1.807) is 38.1 Å². The molecule has 0 fully saturated rings. The highest BCUT2D eigenvalue weighted by atomic mass is 16.5. The van der Waals surface area contributed by atoms with Crippen molar-refractivity contribution in [2.45, 2.75) is 19.9 Å². The second-order valence-corrected chi connectivity index (χ2v) is 4.81. The summed E-state index contributed by atoms with van der Waals surface area (Å²) in [5.41, 5.74) is 0.529. The summed E-state index contributed by atoms with van der Waals surface area (Å²) in [7, 11) is 0. The smallest absolute Gasteiger partial charge is 0.331 e. The maximum atomic E-state index is 12.2. The summed E-state index contributed by atoms with van der Waals surface area (Å²) in [4.78, 5) is 25.1. The quantitative estimate of drug-likeness (QED) is 0.881. The number of para-hydroxylation sites is 1. The first kappa shape index (κ1) is 13.4. The number of rotatable bonds is 2. The summed E-state index contributed by atoms with van der Waals surface area (Å²) in [6.45, 7) is 4.11. The van der Waals surface area contributed by atoms with Crippen LogP contribution < -0.4 is 4.74 Å². The van der Waals surface area contributed by atoms with Gasteiger partial charge >= 0.3 is 5.97 Å². The monoisotopic (exact) mass is 263 g/mol. The maximum absolute atomic E-state index is 12.2. The summed E-state index contributed by atoms with van der Waals surface area (Å²) in [5, 5.41) is 9.46. The molecule has 0 saturated heterocycles. The van der Waals surface area contributed by atoms with Gasteiger partial charge in [-0.3, -0.25) is 4.79 Å². The van der Waals surface area contributed by atoms with Gasteiger partial charge in [-0.2, -0.15) is 0 Å². The Kier molecular flexibility index (Phi) is 3.74. The minimum absolute atomic E-state index is 0.173. The Balaban J connectivity index is 2.46. The van der Waals surface area contributed by atoms with Crippen molar-refractivity contribution >= 4 is 11.9 Å². The first-order valence-corrected chi connectivity index (χ1v) is 6.27. The molecule has 2 rings (SSSR count). The van der Waals surface area contributed by atoms with Crippen LogP contribution in [0.25, 0.3) is 0 Å². The molecule has 19 heavy (non-hydrogen) atoms. The van der Waals surface area contributed by atoms with E-state index >= 15 is 0 Å². The van der Waals surface area contributed by atoms with E-state index in [2.05, 4.69) is 0 Å². The van der Waals surface area contributed by atoms with E-state index < -0.39 is 12.0 Å². The van der Waals surface area contributed by atoms with Crippen molar-refractivity contribution < 1.29 is 19.4 Å². The molecular formula is C14H17NO4. The molecule has 0 aromatic heterocycles. The molecule has 1 aromatic rings. The molecule has 5 nitrogen and oxygen atoms in total. The number of nitrogens with zero attached hydrogens (tertiary/aromatic N) is 1. The van der Waals surface area contributed by atoms with Crippen LogP contribution in [0.2, 0.25) is 0 Å². The highest BCUT2D eigenvalue weighted by molar-refractivity contribution is 5.86. The lowest BCUT2D eigenvalue weighted by Gasteiger charge is -2.28. The fourth-order valence-electron chi connectivity index (χ4n) is 2.22. The first-order chi connectivity index (χ1) is 9.02. The van der Waals surface area contributed by atoms with Crippen LogP contribution in [0.3, 0.4) is 0 Å². The fourth-order valence-corrected chi connectivity index (χ4v) is 2.22. The van der Waals surface area contributed by atoms with Crippen molar-refractivity contribution in [1.82, 2.24) is 4.90 Å². The zero-order valence-corrected chi connectivity index (χ0v) is 11.0. The zero-order chi connectivity index (χ0) is 14.0. The van der Waals surface area contributed by atoms with E-state index in [0.717, 1.165) is 0 Å². The Morgan fingerprint density at radius 1 is 1.37 bits per heavy atom. The number of hydrogen-bond donors (Lipinski definition) is 1. The van der Waals surface area contributed by atoms with Crippen molar-refractivity contribution in [2.75, 3.05) is 13.2 Å².